The third-order valence-electron chi connectivity index (χ3n) is 4.12. The molecule has 0 fully saturated rings. The van der Waals surface area contributed by atoms with Crippen LogP contribution in [-0.2, 0) is 11.3 Å². The summed E-state index contributed by atoms with van der Waals surface area (Å²) in [7, 11) is 1.63. The first kappa shape index (κ1) is 17.2. The first-order valence-electron chi connectivity index (χ1n) is 8.35. The van der Waals surface area contributed by atoms with E-state index < -0.39 is 5.97 Å². The van der Waals surface area contributed by atoms with Gasteiger partial charge in [-0.05, 0) is 31.2 Å². The summed E-state index contributed by atoms with van der Waals surface area (Å²) in [4.78, 5) is 21.2. The van der Waals surface area contributed by atoms with Crippen molar-refractivity contribution in [2.45, 2.75) is 13.5 Å². The van der Waals surface area contributed by atoms with E-state index in [-0.39, 0.29) is 12.3 Å². The zero-order valence-corrected chi connectivity index (χ0v) is 15.7. The third-order valence-corrected chi connectivity index (χ3v) is 5.06. The van der Waals surface area contributed by atoms with Crippen LogP contribution in [0.15, 0.2) is 54.0 Å². The van der Waals surface area contributed by atoms with Gasteiger partial charge < -0.3 is 13.9 Å². The largest absolute Gasteiger partial charge is 0.497 e. The second-order valence-electron chi connectivity index (χ2n) is 5.97. The molecule has 0 saturated heterocycles. The van der Waals surface area contributed by atoms with Crippen LogP contribution in [-0.4, -0.2) is 27.4 Å². The van der Waals surface area contributed by atoms with E-state index >= 15 is 0 Å². The topological polar surface area (TPSA) is 65.7 Å². The Hall–Kier alpha value is -3.19. The first-order valence-corrected chi connectivity index (χ1v) is 9.22. The number of fused-ring (bicyclic) bond motifs is 1. The van der Waals surface area contributed by atoms with Crippen LogP contribution in [0.2, 0.25) is 0 Å². The van der Waals surface area contributed by atoms with Crippen molar-refractivity contribution >= 4 is 23.0 Å². The molecule has 0 aliphatic carbocycles. The smallest absolute Gasteiger partial charge is 0.358 e. The molecular formula is C20H17N3O3S. The van der Waals surface area contributed by atoms with Crippen molar-refractivity contribution in [1.82, 2.24) is 14.4 Å². The van der Waals surface area contributed by atoms with E-state index in [0.29, 0.717) is 5.69 Å². The van der Waals surface area contributed by atoms with Crippen molar-refractivity contribution in [3.8, 4) is 16.3 Å². The molecule has 27 heavy (non-hydrogen) atoms. The third kappa shape index (κ3) is 3.54. The van der Waals surface area contributed by atoms with E-state index in [0.717, 1.165) is 27.7 Å². The second kappa shape index (κ2) is 7.20. The number of esters is 1. The van der Waals surface area contributed by atoms with Crippen LogP contribution >= 0.6 is 11.3 Å². The van der Waals surface area contributed by atoms with Crippen molar-refractivity contribution in [1.29, 1.82) is 0 Å². The molecule has 3 aromatic heterocycles. The highest BCUT2D eigenvalue weighted by atomic mass is 32.1. The molecule has 0 aliphatic rings. The maximum absolute atomic E-state index is 12.3. The molecule has 0 radical (unpaired) electrons. The first-order chi connectivity index (χ1) is 13.1. The van der Waals surface area contributed by atoms with Crippen molar-refractivity contribution in [2.75, 3.05) is 7.11 Å². The molecule has 1 aromatic carbocycles. The number of aryl methyl sites for hydroxylation is 1. The van der Waals surface area contributed by atoms with Crippen LogP contribution in [0, 0.1) is 6.92 Å². The number of carbonyl (C=O) groups excluding carboxylic acids is 1. The van der Waals surface area contributed by atoms with Gasteiger partial charge in [-0.25, -0.2) is 14.8 Å². The standard InChI is InChI=1S/C20H17N3O3S/c1-13-5-3-8-18-22-17(10-23(13)18)20(24)26-11-15-12-27-19(21-15)14-6-4-7-16(9-14)25-2/h3-10,12H,11H2,1-2H3. The number of pyridine rings is 1. The van der Waals surface area contributed by atoms with Crippen LogP contribution in [0.4, 0.5) is 0 Å². The monoisotopic (exact) mass is 379 g/mol. The fraction of sp³-hybridized carbons (Fsp3) is 0.150. The summed E-state index contributed by atoms with van der Waals surface area (Å²) in [5, 5.41) is 2.74. The maximum atomic E-state index is 12.3. The summed E-state index contributed by atoms with van der Waals surface area (Å²) in [6.07, 6.45) is 1.69. The summed E-state index contributed by atoms with van der Waals surface area (Å²) in [6, 6.07) is 13.4. The van der Waals surface area contributed by atoms with Gasteiger partial charge in [0, 0.05) is 22.8 Å². The summed E-state index contributed by atoms with van der Waals surface area (Å²) in [5.74, 6) is 0.312. The zero-order chi connectivity index (χ0) is 18.8. The second-order valence-corrected chi connectivity index (χ2v) is 6.83. The van der Waals surface area contributed by atoms with Gasteiger partial charge in [-0.2, -0.15) is 0 Å². The number of aromatic nitrogens is 3. The Labute approximate surface area is 160 Å². The highest BCUT2D eigenvalue weighted by Crippen LogP contribution is 2.27. The van der Waals surface area contributed by atoms with E-state index in [1.54, 1.807) is 13.3 Å². The molecule has 0 amide bonds. The summed E-state index contributed by atoms with van der Waals surface area (Å²) >= 11 is 1.50. The Morgan fingerprint density at radius 2 is 2.04 bits per heavy atom. The number of benzene rings is 1. The van der Waals surface area contributed by atoms with Gasteiger partial charge in [-0.3, -0.25) is 0 Å². The molecule has 0 saturated carbocycles. The van der Waals surface area contributed by atoms with Gasteiger partial charge in [0.1, 0.15) is 23.0 Å². The lowest BCUT2D eigenvalue weighted by Gasteiger charge is -2.01. The lowest BCUT2D eigenvalue weighted by molar-refractivity contribution is 0.0462. The Balaban J connectivity index is 1.46. The highest BCUT2D eigenvalue weighted by Gasteiger charge is 2.14. The molecule has 3 heterocycles. The lowest BCUT2D eigenvalue weighted by Crippen LogP contribution is -2.05. The number of imidazole rings is 1. The average molecular weight is 379 g/mol. The molecule has 136 valence electrons. The summed E-state index contributed by atoms with van der Waals surface area (Å²) in [6.45, 7) is 2.06. The molecule has 0 aliphatic heterocycles. The number of methoxy groups -OCH3 is 1. The lowest BCUT2D eigenvalue weighted by atomic mass is 10.2. The zero-order valence-electron chi connectivity index (χ0n) is 14.9. The van der Waals surface area contributed by atoms with Crippen LogP contribution in [0.3, 0.4) is 0 Å². The Bertz CT molecular complexity index is 1120. The van der Waals surface area contributed by atoms with E-state index in [4.69, 9.17) is 9.47 Å². The van der Waals surface area contributed by atoms with E-state index in [1.165, 1.54) is 11.3 Å². The number of carbonyl (C=O) groups is 1. The molecular weight excluding hydrogens is 362 g/mol. The van der Waals surface area contributed by atoms with Gasteiger partial charge in [-0.15, -0.1) is 11.3 Å². The maximum Gasteiger partial charge on any atom is 0.358 e. The molecule has 0 bridgehead atoms. The van der Waals surface area contributed by atoms with Gasteiger partial charge in [0.05, 0.1) is 12.8 Å². The summed E-state index contributed by atoms with van der Waals surface area (Å²) in [5.41, 5.74) is 3.67. The van der Waals surface area contributed by atoms with Crippen LogP contribution < -0.4 is 4.74 Å². The number of thiazole rings is 1. The van der Waals surface area contributed by atoms with Gasteiger partial charge in [0.25, 0.3) is 0 Å². The van der Waals surface area contributed by atoms with E-state index in [1.807, 2.05) is 59.2 Å². The number of nitrogens with zero attached hydrogens (tertiary/aromatic N) is 3. The van der Waals surface area contributed by atoms with E-state index in [2.05, 4.69) is 9.97 Å². The van der Waals surface area contributed by atoms with Crippen LogP contribution in [0.1, 0.15) is 21.9 Å². The minimum Gasteiger partial charge on any atom is -0.497 e. The Kier molecular flexibility index (Phi) is 4.60. The number of ether oxygens (including phenoxy) is 2. The number of hydrogen-bond donors (Lipinski definition) is 0. The molecule has 4 rings (SSSR count). The normalized spacial score (nSPS) is 10.9. The molecule has 0 spiro atoms. The average Bonchev–Trinajstić information content (AvgIpc) is 3.34. The molecule has 0 unspecified atom stereocenters. The van der Waals surface area contributed by atoms with Crippen molar-refractivity contribution in [3.05, 3.63) is 71.1 Å². The molecule has 0 N–H and O–H groups in total. The predicted molar refractivity (Wildman–Crippen MR) is 103 cm³/mol. The minimum absolute atomic E-state index is 0.103. The van der Waals surface area contributed by atoms with Crippen molar-refractivity contribution in [3.63, 3.8) is 0 Å². The molecule has 0 atom stereocenters. The molecule has 4 aromatic rings. The van der Waals surface area contributed by atoms with Crippen LogP contribution in [0.25, 0.3) is 16.2 Å². The van der Waals surface area contributed by atoms with Gasteiger partial charge >= 0.3 is 5.97 Å². The minimum atomic E-state index is -0.464. The number of rotatable bonds is 5. The number of hydrogen-bond acceptors (Lipinski definition) is 6. The summed E-state index contributed by atoms with van der Waals surface area (Å²) < 4.78 is 12.5. The van der Waals surface area contributed by atoms with Gasteiger partial charge in [0.15, 0.2) is 5.69 Å². The highest BCUT2D eigenvalue weighted by molar-refractivity contribution is 7.13. The predicted octanol–water partition coefficient (Wildman–Crippen LogP) is 4.13. The van der Waals surface area contributed by atoms with Gasteiger partial charge in [0.2, 0.25) is 0 Å². The Morgan fingerprint density at radius 3 is 2.85 bits per heavy atom. The van der Waals surface area contributed by atoms with E-state index in [9.17, 15) is 4.79 Å². The molecule has 6 nitrogen and oxygen atoms in total. The van der Waals surface area contributed by atoms with Crippen LogP contribution in [0.5, 0.6) is 5.75 Å². The van der Waals surface area contributed by atoms with Crippen molar-refractivity contribution < 1.29 is 14.3 Å². The van der Waals surface area contributed by atoms with Gasteiger partial charge in [-0.1, -0.05) is 18.2 Å². The fourth-order valence-electron chi connectivity index (χ4n) is 2.72. The SMILES string of the molecule is COc1cccc(-c2nc(COC(=O)c3cn4c(C)cccc4n3)cs2)c1. The fourth-order valence-corrected chi connectivity index (χ4v) is 3.52. The van der Waals surface area contributed by atoms with Crippen molar-refractivity contribution in [2.24, 2.45) is 0 Å². The Morgan fingerprint density at radius 1 is 1.19 bits per heavy atom. The quantitative estimate of drug-likeness (QED) is 0.488. The molecule has 7 heteroatoms.